The molecule has 11 nitrogen and oxygen atoms in total. The number of piperidine rings is 1. The standard InChI is InChI=1S/C19H20F6N6O5/c1-34-12-9-11(31(32)33)13(35-2)8-10(12)26-15-27-16(30-6-4-3-5-7-30)29-17(28-15)36-14(18(20,21)22)19(23,24)25/h8-9,14H,3-7H2,1-2H3,(H,26,27,28,29). The van der Waals surface area contributed by atoms with Crippen molar-refractivity contribution in [3.8, 4) is 17.5 Å². The van der Waals surface area contributed by atoms with Crippen molar-refractivity contribution >= 4 is 23.3 Å². The van der Waals surface area contributed by atoms with Gasteiger partial charge >= 0.3 is 24.1 Å². The van der Waals surface area contributed by atoms with E-state index in [2.05, 4.69) is 25.0 Å². The van der Waals surface area contributed by atoms with Crippen molar-refractivity contribution in [2.45, 2.75) is 37.7 Å². The zero-order valence-corrected chi connectivity index (χ0v) is 18.8. The molecule has 0 spiro atoms. The maximum absolute atomic E-state index is 13.1. The van der Waals surface area contributed by atoms with Gasteiger partial charge in [-0.05, 0) is 19.3 Å². The first kappa shape index (κ1) is 26.8. The van der Waals surface area contributed by atoms with E-state index in [-0.39, 0.29) is 23.1 Å². The summed E-state index contributed by atoms with van der Waals surface area (Å²) >= 11 is 0. The molecule has 0 atom stereocenters. The fraction of sp³-hybridized carbons (Fsp3) is 0.526. The van der Waals surface area contributed by atoms with Crippen LogP contribution in [0.15, 0.2) is 12.1 Å². The van der Waals surface area contributed by atoms with Crippen molar-refractivity contribution in [1.82, 2.24) is 15.0 Å². The molecule has 1 aliphatic heterocycles. The summed E-state index contributed by atoms with van der Waals surface area (Å²) in [4.78, 5) is 23.4. The predicted octanol–water partition coefficient (Wildman–Crippen LogP) is 4.40. The smallest absolute Gasteiger partial charge is 0.434 e. The Hall–Kier alpha value is -3.79. The van der Waals surface area contributed by atoms with Crippen LogP contribution in [-0.4, -0.2) is 65.6 Å². The van der Waals surface area contributed by atoms with Gasteiger partial charge in [-0.1, -0.05) is 0 Å². The number of hydrogen-bond acceptors (Lipinski definition) is 10. The molecule has 36 heavy (non-hydrogen) atoms. The van der Waals surface area contributed by atoms with Gasteiger partial charge in [-0.3, -0.25) is 10.1 Å². The maximum atomic E-state index is 13.1. The molecule has 1 aromatic heterocycles. The second-order valence-corrected chi connectivity index (χ2v) is 7.48. The Morgan fingerprint density at radius 3 is 2.11 bits per heavy atom. The van der Waals surface area contributed by atoms with Crippen LogP contribution in [0.25, 0.3) is 0 Å². The monoisotopic (exact) mass is 526 g/mol. The van der Waals surface area contributed by atoms with E-state index < -0.39 is 41.0 Å². The molecule has 2 aromatic rings. The van der Waals surface area contributed by atoms with Crippen LogP contribution < -0.4 is 24.4 Å². The fourth-order valence-electron chi connectivity index (χ4n) is 3.36. The van der Waals surface area contributed by atoms with Gasteiger partial charge in [-0.15, -0.1) is 0 Å². The van der Waals surface area contributed by atoms with Gasteiger partial charge in [0.25, 0.3) is 6.10 Å². The third-order valence-electron chi connectivity index (χ3n) is 5.00. The highest BCUT2D eigenvalue weighted by Crippen LogP contribution is 2.39. The number of nitro benzene ring substituents is 1. The normalized spacial score (nSPS) is 14.5. The second kappa shape index (κ2) is 10.4. The lowest BCUT2D eigenvalue weighted by Gasteiger charge is -2.27. The van der Waals surface area contributed by atoms with Crippen LogP contribution in [0.3, 0.4) is 0 Å². The quantitative estimate of drug-likeness (QED) is 0.301. The number of benzene rings is 1. The van der Waals surface area contributed by atoms with Crippen LogP contribution in [0.1, 0.15) is 19.3 Å². The molecule has 0 aliphatic carbocycles. The molecule has 0 amide bonds. The Morgan fingerprint density at radius 1 is 0.972 bits per heavy atom. The molecular formula is C19H20F6N6O5. The Labute approximate surface area is 199 Å². The molecule has 0 radical (unpaired) electrons. The predicted molar refractivity (Wildman–Crippen MR) is 112 cm³/mol. The molecule has 3 rings (SSSR count). The molecule has 1 N–H and O–H groups in total. The molecular weight excluding hydrogens is 506 g/mol. The lowest BCUT2D eigenvalue weighted by Crippen LogP contribution is -2.47. The van der Waals surface area contributed by atoms with Crippen molar-refractivity contribution in [2.24, 2.45) is 0 Å². The number of alkyl halides is 6. The molecule has 2 heterocycles. The van der Waals surface area contributed by atoms with Gasteiger partial charge in [0.15, 0.2) is 5.75 Å². The first-order chi connectivity index (χ1) is 16.8. The lowest BCUT2D eigenvalue weighted by atomic mass is 10.1. The van der Waals surface area contributed by atoms with Crippen LogP contribution in [0.2, 0.25) is 0 Å². The van der Waals surface area contributed by atoms with Gasteiger partial charge in [0, 0.05) is 19.2 Å². The molecule has 1 saturated heterocycles. The zero-order valence-electron chi connectivity index (χ0n) is 18.8. The molecule has 198 valence electrons. The highest BCUT2D eigenvalue weighted by molar-refractivity contribution is 5.70. The largest absolute Gasteiger partial charge is 0.494 e. The molecule has 1 fully saturated rings. The summed E-state index contributed by atoms with van der Waals surface area (Å²) in [5, 5.41) is 13.8. The van der Waals surface area contributed by atoms with E-state index >= 15 is 0 Å². The summed E-state index contributed by atoms with van der Waals surface area (Å²) in [6.07, 6.45) is -13.5. The third kappa shape index (κ3) is 6.25. The maximum Gasteiger partial charge on any atom is 0.434 e. The number of nitrogens with zero attached hydrogens (tertiary/aromatic N) is 5. The van der Waals surface area contributed by atoms with Crippen molar-refractivity contribution in [1.29, 1.82) is 0 Å². The first-order valence-corrected chi connectivity index (χ1v) is 10.3. The fourth-order valence-corrected chi connectivity index (χ4v) is 3.36. The van der Waals surface area contributed by atoms with Gasteiger partial charge in [0.2, 0.25) is 11.9 Å². The van der Waals surface area contributed by atoms with Crippen LogP contribution in [0.5, 0.6) is 17.5 Å². The van der Waals surface area contributed by atoms with Gasteiger partial charge < -0.3 is 24.4 Å². The Bertz CT molecular complexity index is 1080. The highest BCUT2D eigenvalue weighted by Gasteiger charge is 2.59. The number of methoxy groups -OCH3 is 2. The molecule has 1 aromatic carbocycles. The Morgan fingerprint density at radius 2 is 1.58 bits per heavy atom. The van der Waals surface area contributed by atoms with Crippen molar-refractivity contribution in [3.05, 3.63) is 22.2 Å². The zero-order chi connectivity index (χ0) is 26.7. The summed E-state index contributed by atoms with van der Waals surface area (Å²) in [5.74, 6) is -1.01. The van der Waals surface area contributed by atoms with E-state index in [1.165, 1.54) is 7.11 Å². The Kier molecular flexibility index (Phi) is 7.78. The van der Waals surface area contributed by atoms with Crippen LogP contribution in [0, 0.1) is 10.1 Å². The molecule has 0 bridgehead atoms. The number of rotatable bonds is 8. The van der Waals surface area contributed by atoms with Crippen molar-refractivity contribution < 1.29 is 45.5 Å². The summed E-state index contributed by atoms with van der Waals surface area (Å²) in [5.41, 5.74) is -0.475. The van der Waals surface area contributed by atoms with Crippen LogP contribution in [-0.2, 0) is 0 Å². The number of nitrogens with one attached hydrogen (secondary N) is 1. The number of aromatic nitrogens is 3. The van der Waals surface area contributed by atoms with E-state index in [9.17, 15) is 36.5 Å². The van der Waals surface area contributed by atoms with Gasteiger partial charge in [-0.2, -0.15) is 41.3 Å². The van der Waals surface area contributed by atoms with Crippen LogP contribution in [0.4, 0.5) is 49.6 Å². The number of anilines is 3. The number of ether oxygens (including phenoxy) is 3. The van der Waals surface area contributed by atoms with E-state index in [0.717, 1.165) is 25.7 Å². The summed E-state index contributed by atoms with van der Waals surface area (Å²) in [7, 11) is 2.35. The summed E-state index contributed by atoms with van der Waals surface area (Å²) < 4.78 is 92.6. The van der Waals surface area contributed by atoms with E-state index in [1.54, 1.807) is 4.90 Å². The number of nitro groups is 1. The summed E-state index contributed by atoms with van der Waals surface area (Å²) in [6, 6.07) is 0.922. The minimum Gasteiger partial charge on any atom is -0.494 e. The van der Waals surface area contributed by atoms with E-state index in [4.69, 9.17) is 9.47 Å². The highest BCUT2D eigenvalue weighted by atomic mass is 19.4. The topological polar surface area (TPSA) is 125 Å². The first-order valence-electron chi connectivity index (χ1n) is 10.3. The van der Waals surface area contributed by atoms with E-state index in [0.29, 0.717) is 25.9 Å². The number of hydrogen-bond donors (Lipinski definition) is 1. The van der Waals surface area contributed by atoms with Gasteiger partial charge in [0.1, 0.15) is 5.75 Å². The van der Waals surface area contributed by atoms with Gasteiger partial charge in [0.05, 0.1) is 30.9 Å². The third-order valence-corrected chi connectivity index (χ3v) is 5.00. The SMILES string of the molecule is COc1cc([N+](=O)[O-])c(OC)cc1Nc1nc(OC(C(F)(F)F)C(F)(F)F)nc(N2CCCCC2)n1. The number of halogens is 6. The van der Waals surface area contributed by atoms with E-state index in [1.807, 2.05) is 0 Å². The average Bonchev–Trinajstić information content (AvgIpc) is 2.81. The Balaban J connectivity index is 2.06. The summed E-state index contributed by atoms with van der Waals surface area (Å²) in [6.45, 7) is 0.805. The van der Waals surface area contributed by atoms with Crippen molar-refractivity contribution in [2.75, 3.05) is 37.5 Å². The van der Waals surface area contributed by atoms with Gasteiger partial charge in [-0.25, -0.2) is 0 Å². The molecule has 0 unspecified atom stereocenters. The van der Waals surface area contributed by atoms with Crippen molar-refractivity contribution in [3.63, 3.8) is 0 Å². The van der Waals surface area contributed by atoms with Crippen LogP contribution >= 0.6 is 0 Å². The molecule has 0 saturated carbocycles. The molecule has 1 aliphatic rings. The molecule has 17 heteroatoms. The second-order valence-electron chi connectivity index (χ2n) is 7.48. The minimum absolute atomic E-state index is 0.0233. The lowest BCUT2D eigenvalue weighted by molar-refractivity contribution is -0.385. The minimum atomic E-state index is -5.79. The average molecular weight is 526 g/mol.